The maximum Gasteiger partial charge on any atom is 0.147 e. The van der Waals surface area contributed by atoms with E-state index in [1.54, 1.807) is 12.1 Å². The van der Waals surface area contributed by atoms with Crippen molar-refractivity contribution >= 4 is 22.9 Å². The predicted octanol–water partition coefficient (Wildman–Crippen LogP) is 3.48. The third-order valence-corrected chi connectivity index (χ3v) is 4.12. The molecule has 2 N–H and O–H groups in total. The minimum absolute atomic E-state index is 0.223. The van der Waals surface area contributed by atoms with E-state index in [1.165, 1.54) is 18.9 Å². The highest BCUT2D eigenvalue weighted by Crippen LogP contribution is 2.28. The van der Waals surface area contributed by atoms with Gasteiger partial charge in [0.1, 0.15) is 10.8 Å². The van der Waals surface area contributed by atoms with Gasteiger partial charge < -0.3 is 10.6 Å². The number of anilines is 1. The van der Waals surface area contributed by atoms with Crippen LogP contribution in [0.1, 0.15) is 38.2 Å². The van der Waals surface area contributed by atoms with Crippen molar-refractivity contribution in [1.29, 1.82) is 0 Å². The van der Waals surface area contributed by atoms with Gasteiger partial charge in [-0.15, -0.1) is 0 Å². The van der Waals surface area contributed by atoms with Crippen molar-refractivity contribution in [3.8, 4) is 0 Å². The molecule has 104 valence electrons. The summed E-state index contributed by atoms with van der Waals surface area (Å²) in [6.07, 6.45) is 4.84. The van der Waals surface area contributed by atoms with Gasteiger partial charge in [0.05, 0.1) is 5.69 Å². The lowest BCUT2D eigenvalue weighted by molar-refractivity contribution is 0.376. The number of nitrogens with two attached hydrogens (primary N) is 1. The van der Waals surface area contributed by atoms with E-state index in [-0.39, 0.29) is 10.8 Å². The van der Waals surface area contributed by atoms with Gasteiger partial charge in [-0.25, -0.2) is 4.39 Å². The van der Waals surface area contributed by atoms with Crippen LogP contribution in [0.25, 0.3) is 0 Å². The van der Waals surface area contributed by atoms with Crippen molar-refractivity contribution in [2.24, 2.45) is 11.7 Å². The molecule has 0 amide bonds. The van der Waals surface area contributed by atoms with Crippen molar-refractivity contribution in [2.45, 2.75) is 32.6 Å². The zero-order valence-corrected chi connectivity index (χ0v) is 12.2. The lowest BCUT2D eigenvalue weighted by Crippen LogP contribution is -2.34. The summed E-state index contributed by atoms with van der Waals surface area (Å²) >= 11 is 4.86. The first-order valence-electron chi connectivity index (χ1n) is 6.96. The highest BCUT2D eigenvalue weighted by molar-refractivity contribution is 7.80. The van der Waals surface area contributed by atoms with Gasteiger partial charge in [-0.05, 0) is 37.0 Å². The lowest BCUT2D eigenvalue weighted by atomic mass is 9.92. The first-order chi connectivity index (χ1) is 9.11. The van der Waals surface area contributed by atoms with E-state index in [4.69, 9.17) is 18.0 Å². The van der Waals surface area contributed by atoms with Gasteiger partial charge in [-0.3, -0.25) is 0 Å². The topological polar surface area (TPSA) is 29.3 Å². The molecule has 2 rings (SSSR count). The number of hydrogen-bond donors (Lipinski definition) is 1. The molecule has 0 atom stereocenters. The third-order valence-electron chi connectivity index (χ3n) is 3.88. The Labute approximate surface area is 119 Å². The van der Waals surface area contributed by atoms with E-state index in [0.717, 1.165) is 31.8 Å². The molecular weight excluding hydrogens is 259 g/mol. The van der Waals surface area contributed by atoms with Crippen LogP contribution in [-0.4, -0.2) is 18.1 Å². The molecule has 0 aromatic heterocycles. The van der Waals surface area contributed by atoms with Crippen LogP contribution in [0.2, 0.25) is 0 Å². The second kappa shape index (κ2) is 6.33. The molecule has 1 saturated heterocycles. The molecule has 0 unspecified atom stereocenters. The zero-order chi connectivity index (χ0) is 13.8. The van der Waals surface area contributed by atoms with Crippen LogP contribution in [0.3, 0.4) is 0 Å². The van der Waals surface area contributed by atoms with Gasteiger partial charge in [0.25, 0.3) is 0 Å². The standard InChI is InChI=1S/C15H21FN2S/c1-2-3-11-6-8-18(9-7-11)14-5-4-12(15(17)19)10-13(14)16/h4-5,10-11H,2-3,6-9H2,1H3,(H2,17,19). The number of piperidine rings is 1. The molecule has 1 aromatic rings. The fourth-order valence-corrected chi connectivity index (χ4v) is 2.91. The lowest BCUT2D eigenvalue weighted by Gasteiger charge is -2.33. The summed E-state index contributed by atoms with van der Waals surface area (Å²) in [5.74, 6) is 0.583. The van der Waals surface area contributed by atoms with Crippen molar-refractivity contribution in [3.05, 3.63) is 29.6 Å². The smallest absolute Gasteiger partial charge is 0.147 e. The summed E-state index contributed by atoms with van der Waals surface area (Å²) in [6.45, 7) is 4.10. The fraction of sp³-hybridized carbons (Fsp3) is 0.533. The Morgan fingerprint density at radius 2 is 2.11 bits per heavy atom. The van der Waals surface area contributed by atoms with Crippen molar-refractivity contribution in [1.82, 2.24) is 0 Å². The van der Waals surface area contributed by atoms with Crippen molar-refractivity contribution < 1.29 is 4.39 Å². The van der Waals surface area contributed by atoms with E-state index in [0.29, 0.717) is 11.3 Å². The minimum atomic E-state index is -0.223. The van der Waals surface area contributed by atoms with E-state index >= 15 is 0 Å². The monoisotopic (exact) mass is 280 g/mol. The SMILES string of the molecule is CCCC1CCN(c2ccc(C(N)=S)cc2F)CC1. The van der Waals surface area contributed by atoms with E-state index in [9.17, 15) is 4.39 Å². The van der Waals surface area contributed by atoms with Gasteiger partial charge in [0.2, 0.25) is 0 Å². The zero-order valence-electron chi connectivity index (χ0n) is 11.4. The normalized spacial score (nSPS) is 16.6. The van der Waals surface area contributed by atoms with Gasteiger partial charge in [0, 0.05) is 18.7 Å². The quantitative estimate of drug-likeness (QED) is 0.856. The molecule has 4 heteroatoms. The molecule has 0 radical (unpaired) electrons. The van der Waals surface area contributed by atoms with Crippen LogP contribution in [0, 0.1) is 11.7 Å². The fourth-order valence-electron chi connectivity index (χ4n) is 2.79. The number of halogens is 1. The summed E-state index contributed by atoms with van der Waals surface area (Å²) in [4.78, 5) is 2.37. The van der Waals surface area contributed by atoms with Gasteiger partial charge in [-0.2, -0.15) is 0 Å². The molecule has 1 heterocycles. The van der Waals surface area contributed by atoms with Crippen LogP contribution >= 0.6 is 12.2 Å². The Balaban J connectivity index is 2.05. The Hall–Kier alpha value is -1.16. The minimum Gasteiger partial charge on any atom is -0.389 e. The Bertz CT molecular complexity index is 453. The highest BCUT2D eigenvalue weighted by atomic mass is 32.1. The molecule has 0 spiro atoms. The van der Waals surface area contributed by atoms with Crippen LogP contribution in [0.15, 0.2) is 18.2 Å². The average Bonchev–Trinajstić information content (AvgIpc) is 2.40. The maximum absolute atomic E-state index is 14.1. The van der Waals surface area contributed by atoms with Crippen LogP contribution < -0.4 is 10.6 Å². The first-order valence-corrected chi connectivity index (χ1v) is 7.37. The molecule has 19 heavy (non-hydrogen) atoms. The average molecular weight is 280 g/mol. The van der Waals surface area contributed by atoms with Crippen LogP contribution in [0.5, 0.6) is 0 Å². The van der Waals surface area contributed by atoms with E-state index in [1.807, 2.05) is 0 Å². The number of nitrogens with zero attached hydrogens (tertiary/aromatic N) is 1. The van der Waals surface area contributed by atoms with Crippen molar-refractivity contribution in [3.63, 3.8) is 0 Å². The third kappa shape index (κ3) is 3.44. The number of rotatable bonds is 4. The van der Waals surface area contributed by atoms with Gasteiger partial charge >= 0.3 is 0 Å². The first kappa shape index (κ1) is 14.3. The van der Waals surface area contributed by atoms with Crippen LogP contribution in [0.4, 0.5) is 10.1 Å². The summed E-state index contributed by atoms with van der Waals surface area (Å²) < 4.78 is 14.1. The van der Waals surface area contributed by atoms with Gasteiger partial charge in [-0.1, -0.05) is 32.0 Å². The number of hydrogen-bond acceptors (Lipinski definition) is 2. The molecule has 2 nitrogen and oxygen atoms in total. The molecule has 1 fully saturated rings. The summed E-state index contributed by atoms with van der Waals surface area (Å²) in [5.41, 5.74) is 6.78. The molecule has 0 aliphatic carbocycles. The van der Waals surface area contributed by atoms with Gasteiger partial charge in [0.15, 0.2) is 0 Å². The second-order valence-corrected chi connectivity index (χ2v) is 5.69. The summed E-state index contributed by atoms with van der Waals surface area (Å²) in [6, 6.07) is 5.04. The molecule has 1 aliphatic rings. The Morgan fingerprint density at radius 1 is 1.42 bits per heavy atom. The molecule has 0 bridgehead atoms. The number of benzene rings is 1. The maximum atomic E-state index is 14.1. The molecule has 1 aromatic carbocycles. The Morgan fingerprint density at radius 3 is 2.63 bits per heavy atom. The summed E-state index contributed by atoms with van der Waals surface area (Å²) in [7, 11) is 0. The van der Waals surface area contributed by atoms with Crippen molar-refractivity contribution in [2.75, 3.05) is 18.0 Å². The molecule has 0 saturated carbocycles. The van der Waals surface area contributed by atoms with Crippen LogP contribution in [-0.2, 0) is 0 Å². The largest absolute Gasteiger partial charge is 0.389 e. The summed E-state index contributed by atoms with van der Waals surface area (Å²) in [5, 5.41) is 0. The number of thiocarbonyl (C=S) groups is 1. The van der Waals surface area contributed by atoms with E-state index in [2.05, 4.69) is 11.8 Å². The molecule has 1 aliphatic heterocycles. The van der Waals surface area contributed by atoms with E-state index < -0.39 is 0 Å². The molecular formula is C15H21FN2S. The highest BCUT2D eigenvalue weighted by Gasteiger charge is 2.20. The second-order valence-electron chi connectivity index (χ2n) is 5.25. The Kier molecular flexibility index (Phi) is 4.75. The predicted molar refractivity (Wildman–Crippen MR) is 82.1 cm³/mol.